The zero-order valence-corrected chi connectivity index (χ0v) is 12.1. The minimum atomic E-state index is -1.71. The van der Waals surface area contributed by atoms with E-state index in [1.54, 1.807) is 4.90 Å². The summed E-state index contributed by atoms with van der Waals surface area (Å²) in [6, 6.07) is 0.133. The van der Waals surface area contributed by atoms with Crippen LogP contribution in [0.4, 0.5) is 29.3 Å². The van der Waals surface area contributed by atoms with E-state index in [-0.39, 0.29) is 12.6 Å². The van der Waals surface area contributed by atoms with Crippen LogP contribution >= 0.6 is 0 Å². The lowest BCUT2D eigenvalue weighted by Crippen LogP contribution is -2.46. The molecule has 0 spiro atoms. The summed E-state index contributed by atoms with van der Waals surface area (Å²) in [5.41, 5.74) is -2.01. The molecule has 2 amide bonds. The van der Waals surface area contributed by atoms with Crippen LogP contribution < -0.4 is 10.6 Å². The van der Waals surface area contributed by atoms with E-state index < -0.39 is 33.7 Å². The maximum absolute atomic E-state index is 13.7. The van der Waals surface area contributed by atoms with Gasteiger partial charge in [0, 0.05) is 26.2 Å². The Balaban J connectivity index is 1.94. The number of carbonyl (C=O) groups is 1. The minimum Gasteiger partial charge on any atom is -0.380 e. The highest BCUT2D eigenvalue weighted by molar-refractivity contribution is 5.74. The Labute approximate surface area is 129 Å². The average molecular weight is 332 g/mol. The molecule has 2 N–H and O–H groups in total. The van der Waals surface area contributed by atoms with Gasteiger partial charge in [-0.1, -0.05) is 0 Å². The fourth-order valence-corrected chi connectivity index (χ4v) is 2.25. The smallest absolute Gasteiger partial charge is 0.317 e. The van der Waals surface area contributed by atoms with Crippen molar-refractivity contribution in [2.75, 3.05) is 31.5 Å². The lowest BCUT2D eigenvalue weighted by atomic mass is 10.2. The maximum atomic E-state index is 13.7. The Kier molecular flexibility index (Phi) is 5.24. The zero-order chi connectivity index (χ0) is 17.0. The van der Waals surface area contributed by atoms with Gasteiger partial charge in [0.25, 0.3) is 0 Å². The van der Waals surface area contributed by atoms with Gasteiger partial charge in [0.1, 0.15) is 5.69 Å². The number of benzene rings is 1. The third-order valence-corrected chi connectivity index (χ3v) is 3.41. The number of nitrogens with zero attached hydrogens (tertiary/aromatic N) is 2. The number of nitro benzene ring substituents is 1. The van der Waals surface area contributed by atoms with Gasteiger partial charge < -0.3 is 15.5 Å². The van der Waals surface area contributed by atoms with Crippen molar-refractivity contribution in [3.63, 3.8) is 0 Å². The second-order valence-electron chi connectivity index (χ2n) is 4.99. The molecule has 1 aromatic rings. The topological polar surface area (TPSA) is 87.5 Å². The Bertz CT molecular complexity index is 627. The fourth-order valence-electron chi connectivity index (χ4n) is 2.25. The third kappa shape index (κ3) is 3.82. The molecule has 126 valence electrons. The van der Waals surface area contributed by atoms with Gasteiger partial charge >= 0.3 is 11.7 Å². The summed E-state index contributed by atoms with van der Waals surface area (Å²) in [5.74, 6) is -4.59. The summed E-state index contributed by atoms with van der Waals surface area (Å²) in [4.78, 5) is 22.3. The number of rotatable bonds is 6. The standard InChI is InChI=1S/C13H15F3N4O3/c14-8-7-9(20(22)23)10(15)11(16)12(8)17-3-1-5-19-6-2-4-18-13(19)21/h7,17H,1-6H2,(H,18,21). The first kappa shape index (κ1) is 16.8. The molecule has 1 aliphatic rings. The molecule has 1 heterocycles. The van der Waals surface area contributed by atoms with Gasteiger partial charge in [-0.2, -0.15) is 4.39 Å². The Morgan fingerprint density at radius 1 is 1.35 bits per heavy atom. The zero-order valence-electron chi connectivity index (χ0n) is 12.1. The van der Waals surface area contributed by atoms with E-state index in [4.69, 9.17) is 0 Å². The van der Waals surface area contributed by atoms with Crippen LogP contribution in [0.1, 0.15) is 12.8 Å². The number of amides is 2. The summed E-state index contributed by atoms with van der Waals surface area (Å²) >= 11 is 0. The molecule has 1 saturated heterocycles. The Morgan fingerprint density at radius 3 is 2.74 bits per heavy atom. The van der Waals surface area contributed by atoms with E-state index >= 15 is 0 Å². The number of hydrogen-bond acceptors (Lipinski definition) is 4. The summed E-state index contributed by atoms with van der Waals surface area (Å²) in [5, 5.41) is 15.5. The lowest BCUT2D eigenvalue weighted by molar-refractivity contribution is -0.388. The van der Waals surface area contributed by atoms with Crippen molar-refractivity contribution in [1.29, 1.82) is 0 Å². The number of urea groups is 1. The predicted molar refractivity (Wildman–Crippen MR) is 75.7 cm³/mol. The van der Waals surface area contributed by atoms with Crippen molar-refractivity contribution in [3.8, 4) is 0 Å². The molecule has 10 heteroatoms. The van der Waals surface area contributed by atoms with Crippen molar-refractivity contribution in [2.24, 2.45) is 0 Å². The van der Waals surface area contributed by atoms with Gasteiger partial charge in [0.15, 0.2) is 11.6 Å². The first-order valence-corrected chi connectivity index (χ1v) is 7.00. The molecule has 2 rings (SSSR count). The normalized spacial score (nSPS) is 14.6. The first-order valence-electron chi connectivity index (χ1n) is 7.00. The molecule has 0 aliphatic carbocycles. The minimum absolute atomic E-state index is 0.0782. The van der Waals surface area contributed by atoms with E-state index in [0.717, 1.165) is 6.42 Å². The number of nitrogens with one attached hydrogen (secondary N) is 2. The van der Waals surface area contributed by atoms with Gasteiger partial charge in [0.2, 0.25) is 5.82 Å². The first-order chi connectivity index (χ1) is 10.9. The average Bonchev–Trinajstić information content (AvgIpc) is 2.51. The van der Waals surface area contributed by atoms with E-state index in [1.807, 2.05) is 0 Å². The predicted octanol–water partition coefficient (Wildman–Crippen LogP) is 2.23. The molecule has 0 saturated carbocycles. The largest absolute Gasteiger partial charge is 0.380 e. The van der Waals surface area contributed by atoms with Crippen LogP contribution in [-0.4, -0.2) is 42.0 Å². The van der Waals surface area contributed by atoms with E-state index in [9.17, 15) is 28.1 Å². The molecule has 0 unspecified atom stereocenters. The quantitative estimate of drug-likeness (QED) is 0.362. The van der Waals surface area contributed by atoms with E-state index in [1.165, 1.54) is 0 Å². The Morgan fingerprint density at radius 2 is 2.09 bits per heavy atom. The van der Waals surface area contributed by atoms with Gasteiger partial charge in [-0.3, -0.25) is 10.1 Å². The van der Waals surface area contributed by atoms with Gasteiger partial charge in [-0.25, -0.2) is 13.6 Å². The van der Waals surface area contributed by atoms with E-state index in [0.29, 0.717) is 32.1 Å². The highest BCUT2D eigenvalue weighted by Crippen LogP contribution is 2.28. The van der Waals surface area contributed by atoms with Crippen LogP contribution in [0.3, 0.4) is 0 Å². The van der Waals surface area contributed by atoms with Crippen LogP contribution in [0, 0.1) is 27.6 Å². The number of nitro groups is 1. The highest BCUT2D eigenvalue weighted by Gasteiger charge is 2.25. The third-order valence-electron chi connectivity index (χ3n) is 3.41. The summed E-state index contributed by atoms with van der Waals surface area (Å²) < 4.78 is 40.8. The molecular weight excluding hydrogens is 317 g/mol. The molecule has 1 aromatic carbocycles. The molecule has 23 heavy (non-hydrogen) atoms. The van der Waals surface area contributed by atoms with Crippen LogP contribution in [0.25, 0.3) is 0 Å². The van der Waals surface area contributed by atoms with Crippen molar-refractivity contribution in [3.05, 3.63) is 33.6 Å². The number of anilines is 1. The summed E-state index contributed by atoms with van der Waals surface area (Å²) in [7, 11) is 0. The van der Waals surface area contributed by atoms with Crippen molar-refractivity contribution in [1.82, 2.24) is 10.2 Å². The Hall–Kier alpha value is -2.52. The van der Waals surface area contributed by atoms with E-state index in [2.05, 4.69) is 10.6 Å². The van der Waals surface area contributed by atoms with Gasteiger partial charge in [0.05, 0.1) is 11.0 Å². The second kappa shape index (κ2) is 7.16. The second-order valence-corrected chi connectivity index (χ2v) is 4.99. The monoisotopic (exact) mass is 332 g/mol. The lowest BCUT2D eigenvalue weighted by Gasteiger charge is -2.27. The van der Waals surface area contributed by atoms with Crippen molar-refractivity contribution < 1.29 is 22.9 Å². The molecular formula is C13H15F3N4O3. The van der Waals surface area contributed by atoms with Crippen LogP contribution in [0.2, 0.25) is 0 Å². The fraction of sp³-hybridized carbons (Fsp3) is 0.462. The van der Waals surface area contributed by atoms with Gasteiger partial charge in [-0.15, -0.1) is 0 Å². The summed E-state index contributed by atoms with van der Waals surface area (Å²) in [6.07, 6.45) is 1.20. The summed E-state index contributed by atoms with van der Waals surface area (Å²) in [6.45, 7) is 1.67. The van der Waals surface area contributed by atoms with Crippen molar-refractivity contribution >= 4 is 17.4 Å². The molecule has 7 nitrogen and oxygen atoms in total. The molecule has 0 atom stereocenters. The molecule has 0 bridgehead atoms. The molecule has 0 radical (unpaired) electrons. The van der Waals surface area contributed by atoms with Crippen molar-refractivity contribution in [2.45, 2.75) is 12.8 Å². The van der Waals surface area contributed by atoms with Crippen LogP contribution in [0.5, 0.6) is 0 Å². The molecule has 1 fully saturated rings. The molecule has 0 aromatic heterocycles. The highest BCUT2D eigenvalue weighted by atomic mass is 19.2. The van der Waals surface area contributed by atoms with Gasteiger partial charge in [-0.05, 0) is 12.8 Å². The number of halogens is 3. The number of carbonyl (C=O) groups excluding carboxylic acids is 1. The van der Waals surface area contributed by atoms with Crippen LogP contribution in [-0.2, 0) is 0 Å². The molecule has 1 aliphatic heterocycles. The maximum Gasteiger partial charge on any atom is 0.317 e. The van der Waals surface area contributed by atoms with Crippen LogP contribution in [0.15, 0.2) is 6.07 Å². The number of hydrogen-bond donors (Lipinski definition) is 2. The SMILES string of the molecule is O=C1NCCCN1CCCNc1c(F)cc([N+](=O)[O-])c(F)c1F.